The Balaban J connectivity index is 3.45. The molecule has 0 fully saturated rings. The van der Waals surface area contributed by atoms with Gasteiger partial charge in [0.15, 0.2) is 0 Å². The predicted octanol–water partition coefficient (Wildman–Crippen LogP) is 2.59. The second kappa shape index (κ2) is 3.88. The van der Waals surface area contributed by atoms with Crippen LogP contribution in [0.2, 0.25) is 0 Å². The van der Waals surface area contributed by atoms with E-state index in [0.29, 0.717) is 5.56 Å². The maximum Gasteiger partial charge on any atom is 0.290 e. The summed E-state index contributed by atoms with van der Waals surface area (Å²) in [5.74, 6) is 0.0451. The van der Waals surface area contributed by atoms with Gasteiger partial charge in [-0.15, -0.1) is 0 Å². The van der Waals surface area contributed by atoms with Gasteiger partial charge in [0.1, 0.15) is 11.6 Å². The lowest BCUT2D eigenvalue weighted by atomic mass is 9.98. The standard InChI is InChI=1S/C10H10N2O2/c1-7(2)9-5-3-4-8(6-11)10(9)12(13)14/h3-5,7H,1-2H3. The second-order valence-corrected chi connectivity index (χ2v) is 3.27. The zero-order valence-electron chi connectivity index (χ0n) is 8.02. The van der Waals surface area contributed by atoms with Gasteiger partial charge >= 0.3 is 0 Å². The van der Waals surface area contributed by atoms with Crippen molar-refractivity contribution in [1.82, 2.24) is 0 Å². The van der Waals surface area contributed by atoms with Crippen LogP contribution < -0.4 is 0 Å². The molecule has 0 aliphatic rings. The van der Waals surface area contributed by atoms with Crippen molar-refractivity contribution in [2.45, 2.75) is 19.8 Å². The van der Waals surface area contributed by atoms with E-state index in [0.717, 1.165) is 0 Å². The van der Waals surface area contributed by atoms with Gasteiger partial charge in [-0.25, -0.2) is 0 Å². The van der Waals surface area contributed by atoms with Crippen LogP contribution in [0.5, 0.6) is 0 Å². The lowest BCUT2D eigenvalue weighted by Gasteiger charge is -2.06. The molecule has 0 radical (unpaired) electrons. The number of nitro benzene ring substituents is 1. The quantitative estimate of drug-likeness (QED) is 0.531. The molecule has 0 N–H and O–H groups in total. The number of nitriles is 1. The Hall–Kier alpha value is -1.89. The predicted molar refractivity (Wildman–Crippen MR) is 51.9 cm³/mol. The lowest BCUT2D eigenvalue weighted by molar-refractivity contribution is -0.386. The number of nitro groups is 1. The summed E-state index contributed by atoms with van der Waals surface area (Å²) in [6, 6.07) is 6.64. The van der Waals surface area contributed by atoms with Gasteiger partial charge in [0.05, 0.1) is 4.92 Å². The molecule has 0 spiro atoms. The summed E-state index contributed by atoms with van der Waals surface area (Å²) in [4.78, 5) is 10.3. The van der Waals surface area contributed by atoms with Crippen molar-refractivity contribution in [3.05, 3.63) is 39.4 Å². The van der Waals surface area contributed by atoms with Gasteiger partial charge in [0, 0.05) is 5.56 Å². The molecular weight excluding hydrogens is 180 g/mol. The molecule has 0 atom stereocenters. The maximum absolute atomic E-state index is 10.8. The third kappa shape index (κ3) is 1.72. The molecule has 0 saturated heterocycles. The molecule has 1 aromatic rings. The Kier molecular flexibility index (Phi) is 2.82. The fourth-order valence-corrected chi connectivity index (χ4v) is 1.32. The molecule has 4 nitrogen and oxygen atoms in total. The molecule has 72 valence electrons. The van der Waals surface area contributed by atoms with Crippen LogP contribution in [0, 0.1) is 21.4 Å². The second-order valence-electron chi connectivity index (χ2n) is 3.27. The Labute approximate surface area is 81.9 Å². The molecule has 0 aromatic heterocycles. The highest BCUT2D eigenvalue weighted by Gasteiger charge is 2.20. The van der Waals surface area contributed by atoms with Crippen LogP contribution in [-0.4, -0.2) is 4.92 Å². The third-order valence-corrected chi connectivity index (χ3v) is 1.99. The largest absolute Gasteiger partial charge is 0.290 e. The van der Waals surface area contributed by atoms with E-state index in [1.54, 1.807) is 12.1 Å². The molecule has 0 amide bonds. The summed E-state index contributed by atoms with van der Waals surface area (Å²) in [7, 11) is 0. The van der Waals surface area contributed by atoms with Crippen LogP contribution >= 0.6 is 0 Å². The molecule has 0 bridgehead atoms. The molecule has 0 heterocycles. The van der Waals surface area contributed by atoms with Crippen LogP contribution in [-0.2, 0) is 0 Å². The van der Waals surface area contributed by atoms with E-state index in [4.69, 9.17) is 5.26 Å². The first-order valence-electron chi connectivity index (χ1n) is 4.25. The first-order chi connectivity index (χ1) is 6.57. The minimum Gasteiger partial charge on any atom is -0.258 e. The summed E-state index contributed by atoms with van der Waals surface area (Å²) in [5.41, 5.74) is 0.667. The monoisotopic (exact) mass is 190 g/mol. The summed E-state index contributed by atoms with van der Waals surface area (Å²) < 4.78 is 0. The minimum atomic E-state index is -0.492. The lowest BCUT2D eigenvalue weighted by Crippen LogP contribution is -1.99. The van der Waals surface area contributed by atoms with Crippen molar-refractivity contribution >= 4 is 5.69 Å². The van der Waals surface area contributed by atoms with Crippen LogP contribution in [0.25, 0.3) is 0 Å². The summed E-state index contributed by atoms with van der Waals surface area (Å²) in [5, 5.41) is 19.5. The molecular formula is C10H10N2O2. The average molecular weight is 190 g/mol. The molecule has 14 heavy (non-hydrogen) atoms. The minimum absolute atomic E-state index is 0.0451. The van der Waals surface area contributed by atoms with Gasteiger partial charge in [-0.05, 0) is 12.0 Å². The van der Waals surface area contributed by atoms with Crippen molar-refractivity contribution in [2.24, 2.45) is 0 Å². The van der Waals surface area contributed by atoms with Gasteiger partial charge in [-0.2, -0.15) is 5.26 Å². The number of para-hydroxylation sites is 1. The highest BCUT2D eigenvalue weighted by atomic mass is 16.6. The van der Waals surface area contributed by atoms with E-state index in [1.165, 1.54) is 6.07 Å². The fourth-order valence-electron chi connectivity index (χ4n) is 1.32. The molecule has 0 unspecified atom stereocenters. The number of rotatable bonds is 2. The summed E-state index contributed by atoms with van der Waals surface area (Å²) >= 11 is 0. The first-order valence-corrected chi connectivity index (χ1v) is 4.25. The van der Waals surface area contributed by atoms with E-state index in [9.17, 15) is 10.1 Å². The smallest absolute Gasteiger partial charge is 0.258 e. The highest BCUT2D eigenvalue weighted by Crippen LogP contribution is 2.28. The van der Waals surface area contributed by atoms with Crippen LogP contribution in [0.1, 0.15) is 30.9 Å². The van der Waals surface area contributed by atoms with Gasteiger partial charge in [0.2, 0.25) is 0 Å². The first kappa shape index (κ1) is 10.2. The summed E-state index contributed by atoms with van der Waals surface area (Å²) in [6.45, 7) is 3.73. The van der Waals surface area contributed by atoms with Crippen molar-refractivity contribution in [3.8, 4) is 6.07 Å². The van der Waals surface area contributed by atoms with Gasteiger partial charge < -0.3 is 0 Å². The Morgan fingerprint density at radius 1 is 1.50 bits per heavy atom. The Morgan fingerprint density at radius 3 is 2.57 bits per heavy atom. The molecule has 0 aliphatic carbocycles. The van der Waals surface area contributed by atoms with Crippen LogP contribution in [0.4, 0.5) is 5.69 Å². The molecule has 0 aliphatic heterocycles. The summed E-state index contributed by atoms with van der Waals surface area (Å²) in [6.07, 6.45) is 0. The maximum atomic E-state index is 10.8. The van der Waals surface area contributed by atoms with Crippen LogP contribution in [0.15, 0.2) is 18.2 Å². The SMILES string of the molecule is CC(C)c1cccc(C#N)c1[N+](=O)[O-]. The van der Waals surface area contributed by atoms with Crippen molar-refractivity contribution in [1.29, 1.82) is 5.26 Å². The van der Waals surface area contributed by atoms with Gasteiger partial charge in [0.25, 0.3) is 5.69 Å². The zero-order valence-corrected chi connectivity index (χ0v) is 8.02. The molecule has 0 saturated carbocycles. The number of benzene rings is 1. The number of hydrogen-bond donors (Lipinski definition) is 0. The zero-order chi connectivity index (χ0) is 10.7. The van der Waals surface area contributed by atoms with E-state index < -0.39 is 4.92 Å². The normalized spacial score (nSPS) is 9.86. The van der Waals surface area contributed by atoms with Gasteiger partial charge in [-0.3, -0.25) is 10.1 Å². The molecule has 1 aromatic carbocycles. The Morgan fingerprint density at radius 2 is 2.14 bits per heavy atom. The fraction of sp³-hybridized carbons (Fsp3) is 0.300. The van der Waals surface area contributed by atoms with Crippen molar-refractivity contribution in [3.63, 3.8) is 0 Å². The van der Waals surface area contributed by atoms with Crippen molar-refractivity contribution < 1.29 is 4.92 Å². The number of nitrogens with zero attached hydrogens (tertiary/aromatic N) is 2. The molecule has 4 heteroatoms. The van der Waals surface area contributed by atoms with Crippen molar-refractivity contribution in [2.75, 3.05) is 0 Å². The third-order valence-electron chi connectivity index (χ3n) is 1.99. The van der Waals surface area contributed by atoms with E-state index >= 15 is 0 Å². The number of hydrogen-bond acceptors (Lipinski definition) is 3. The molecule has 1 rings (SSSR count). The topological polar surface area (TPSA) is 66.9 Å². The van der Waals surface area contributed by atoms with E-state index in [2.05, 4.69) is 0 Å². The highest BCUT2D eigenvalue weighted by molar-refractivity contribution is 5.54. The van der Waals surface area contributed by atoms with E-state index in [-0.39, 0.29) is 17.2 Å². The van der Waals surface area contributed by atoms with Crippen LogP contribution in [0.3, 0.4) is 0 Å². The Bertz CT molecular complexity index is 405. The van der Waals surface area contributed by atoms with Gasteiger partial charge in [-0.1, -0.05) is 26.0 Å². The average Bonchev–Trinajstić information content (AvgIpc) is 2.16. The van der Waals surface area contributed by atoms with E-state index in [1.807, 2.05) is 19.9 Å².